The molecule has 1 amide bonds. The van der Waals surface area contributed by atoms with Crippen LogP contribution in [0.4, 0.5) is 5.69 Å². The average Bonchev–Trinajstić information content (AvgIpc) is 2.71. The molecule has 0 heterocycles. The molecule has 0 aliphatic heterocycles. The van der Waals surface area contributed by atoms with Gasteiger partial charge in [0.2, 0.25) is 5.91 Å². The molecular formula is C17H21NO5. The van der Waals surface area contributed by atoms with E-state index in [1.54, 1.807) is 32.9 Å². The van der Waals surface area contributed by atoms with E-state index >= 15 is 0 Å². The number of aliphatic carboxylic acids is 1. The molecule has 23 heavy (non-hydrogen) atoms. The normalized spacial score (nSPS) is 25.8. The maximum absolute atomic E-state index is 12.6. The standard InChI is InChI=1S/C17H21NO5/c1-16(2)11(8-9-17(16,3)15(22)23)13(19)18-12-7-5-4-6-10(12)14(20)21/h4-7,11H,8-9H2,1-3H3,(H,18,19)(H,20,21)(H,22,23). The molecule has 0 spiro atoms. The molecule has 0 radical (unpaired) electrons. The van der Waals surface area contributed by atoms with Crippen LogP contribution in [-0.4, -0.2) is 28.1 Å². The Bertz CT molecular complexity index is 667. The summed E-state index contributed by atoms with van der Waals surface area (Å²) in [5.41, 5.74) is -1.48. The number of hydrogen-bond donors (Lipinski definition) is 3. The van der Waals surface area contributed by atoms with E-state index in [0.717, 1.165) is 0 Å². The van der Waals surface area contributed by atoms with Crippen molar-refractivity contribution in [2.24, 2.45) is 16.7 Å². The molecule has 1 fully saturated rings. The summed E-state index contributed by atoms with van der Waals surface area (Å²) < 4.78 is 0. The molecule has 0 bridgehead atoms. The summed E-state index contributed by atoms with van der Waals surface area (Å²) in [6.07, 6.45) is 0.866. The van der Waals surface area contributed by atoms with E-state index in [9.17, 15) is 24.6 Å². The predicted octanol–water partition coefficient (Wildman–Crippen LogP) is 2.85. The van der Waals surface area contributed by atoms with Crippen molar-refractivity contribution in [3.8, 4) is 0 Å². The fraction of sp³-hybridized carbons (Fsp3) is 0.471. The third-order valence-electron chi connectivity index (χ3n) is 5.43. The Balaban J connectivity index is 2.26. The van der Waals surface area contributed by atoms with E-state index in [-0.39, 0.29) is 17.2 Å². The first-order valence-corrected chi connectivity index (χ1v) is 7.48. The Kier molecular flexibility index (Phi) is 4.20. The van der Waals surface area contributed by atoms with Crippen molar-refractivity contribution in [2.75, 3.05) is 5.32 Å². The fourth-order valence-electron chi connectivity index (χ4n) is 3.34. The second-order valence-corrected chi connectivity index (χ2v) is 6.79. The SMILES string of the molecule is CC1(C(=O)O)CCC(C(=O)Nc2ccccc2C(=O)O)C1(C)C. The van der Waals surface area contributed by atoms with E-state index in [4.69, 9.17) is 0 Å². The van der Waals surface area contributed by atoms with Crippen LogP contribution in [0.3, 0.4) is 0 Å². The van der Waals surface area contributed by atoms with Gasteiger partial charge in [-0.15, -0.1) is 0 Å². The molecule has 1 aliphatic rings. The molecular weight excluding hydrogens is 298 g/mol. The molecule has 3 N–H and O–H groups in total. The van der Waals surface area contributed by atoms with Crippen LogP contribution in [0.25, 0.3) is 0 Å². The first-order valence-electron chi connectivity index (χ1n) is 7.48. The molecule has 1 aromatic carbocycles. The van der Waals surface area contributed by atoms with E-state index in [2.05, 4.69) is 5.32 Å². The Hall–Kier alpha value is -2.37. The molecule has 1 aliphatic carbocycles. The summed E-state index contributed by atoms with van der Waals surface area (Å²) in [5.74, 6) is -2.87. The van der Waals surface area contributed by atoms with Crippen molar-refractivity contribution in [3.63, 3.8) is 0 Å². The number of benzene rings is 1. The number of amides is 1. The quantitative estimate of drug-likeness (QED) is 0.791. The van der Waals surface area contributed by atoms with Gasteiger partial charge >= 0.3 is 11.9 Å². The Morgan fingerprint density at radius 3 is 2.26 bits per heavy atom. The summed E-state index contributed by atoms with van der Waals surface area (Å²) in [4.78, 5) is 35.4. The van der Waals surface area contributed by atoms with E-state index in [1.807, 2.05) is 0 Å². The molecule has 0 saturated heterocycles. The zero-order chi connectivity index (χ0) is 17.4. The Labute approximate surface area is 134 Å². The zero-order valence-corrected chi connectivity index (χ0v) is 13.4. The highest BCUT2D eigenvalue weighted by molar-refractivity contribution is 6.01. The number of hydrogen-bond acceptors (Lipinski definition) is 3. The lowest BCUT2D eigenvalue weighted by atomic mass is 9.65. The minimum Gasteiger partial charge on any atom is -0.481 e. The van der Waals surface area contributed by atoms with Crippen LogP contribution >= 0.6 is 0 Å². The maximum Gasteiger partial charge on any atom is 0.337 e. The largest absolute Gasteiger partial charge is 0.481 e. The van der Waals surface area contributed by atoms with Crippen molar-refractivity contribution in [3.05, 3.63) is 29.8 Å². The molecule has 6 nitrogen and oxygen atoms in total. The van der Waals surface area contributed by atoms with Gasteiger partial charge < -0.3 is 15.5 Å². The van der Waals surface area contributed by atoms with Crippen LogP contribution in [0.1, 0.15) is 44.0 Å². The number of carboxylic acids is 2. The number of carbonyl (C=O) groups is 3. The molecule has 2 atom stereocenters. The minimum atomic E-state index is -1.12. The van der Waals surface area contributed by atoms with Crippen LogP contribution in [0.5, 0.6) is 0 Å². The topological polar surface area (TPSA) is 104 Å². The molecule has 1 aromatic rings. The van der Waals surface area contributed by atoms with E-state index < -0.39 is 28.7 Å². The monoisotopic (exact) mass is 319 g/mol. The highest BCUT2D eigenvalue weighted by Gasteiger charge is 2.58. The minimum absolute atomic E-state index is 0.0117. The molecule has 0 aromatic heterocycles. The number of carbonyl (C=O) groups excluding carboxylic acids is 1. The lowest BCUT2D eigenvalue weighted by Crippen LogP contribution is -2.43. The first kappa shape index (κ1) is 17.0. The third-order valence-corrected chi connectivity index (χ3v) is 5.43. The van der Waals surface area contributed by atoms with Crippen molar-refractivity contribution in [1.29, 1.82) is 0 Å². The van der Waals surface area contributed by atoms with Crippen molar-refractivity contribution in [2.45, 2.75) is 33.6 Å². The Morgan fingerprint density at radius 1 is 1.13 bits per heavy atom. The van der Waals surface area contributed by atoms with Gasteiger partial charge in [-0.1, -0.05) is 26.0 Å². The Morgan fingerprint density at radius 2 is 1.74 bits per heavy atom. The van der Waals surface area contributed by atoms with Crippen molar-refractivity contribution >= 4 is 23.5 Å². The van der Waals surface area contributed by atoms with Crippen molar-refractivity contribution in [1.82, 2.24) is 0 Å². The number of aromatic carboxylic acids is 1. The third kappa shape index (κ3) is 2.69. The number of rotatable bonds is 4. The molecule has 2 unspecified atom stereocenters. The van der Waals surface area contributed by atoms with Crippen LogP contribution in [0.15, 0.2) is 24.3 Å². The molecule has 6 heteroatoms. The van der Waals surface area contributed by atoms with Crippen LogP contribution in [0, 0.1) is 16.7 Å². The van der Waals surface area contributed by atoms with Gasteiger partial charge in [0.05, 0.1) is 16.7 Å². The fourth-order valence-corrected chi connectivity index (χ4v) is 3.34. The van der Waals surface area contributed by atoms with Gasteiger partial charge in [-0.2, -0.15) is 0 Å². The van der Waals surface area contributed by atoms with Gasteiger partial charge in [-0.25, -0.2) is 4.79 Å². The molecule has 2 rings (SSSR count). The van der Waals surface area contributed by atoms with Gasteiger partial charge in [-0.3, -0.25) is 9.59 Å². The molecule has 124 valence electrons. The summed E-state index contributed by atoms with van der Waals surface area (Å²) in [5, 5.41) is 21.3. The van der Waals surface area contributed by atoms with Crippen LogP contribution in [0.2, 0.25) is 0 Å². The highest BCUT2D eigenvalue weighted by atomic mass is 16.4. The summed E-state index contributed by atoms with van der Waals surface area (Å²) in [6.45, 7) is 5.22. The van der Waals surface area contributed by atoms with Crippen LogP contribution in [-0.2, 0) is 9.59 Å². The van der Waals surface area contributed by atoms with Crippen LogP contribution < -0.4 is 5.32 Å². The van der Waals surface area contributed by atoms with Gasteiger partial charge in [-0.05, 0) is 37.3 Å². The summed E-state index contributed by atoms with van der Waals surface area (Å²) in [7, 11) is 0. The second-order valence-electron chi connectivity index (χ2n) is 6.79. The first-order chi connectivity index (χ1) is 10.6. The lowest BCUT2D eigenvalue weighted by molar-refractivity contribution is -0.154. The molecule has 1 saturated carbocycles. The summed E-state index contributed by atoms with van der Waals surface area (Å²) >= 11 is 0. The van der Waals surface area contributed by atoms with Gasteiger partial charge in [0.1, 0.15) is 0 Å². The second kappa shape index (κ2) is 5.68. The lowest BCUT2D eigenvalue weighted by Gasteiger charge is -2.37. The summed E-state index contributed by atoms with van der Waals surface area (Å²) in [6, 6.07) is 6.17. The number of carboxylic acid groups (broad SMARTS) is 2. The maximum atomic E-state index is 12.6. The number of anilines is 1. The van der Waals surface area contributed by atoms with Gasteiger partial charge in [0.15, 0.2) is 0 Å². The van der Waals surface area contributed by atoms with Crippen molar-refractivity contribution < 1.29 is 24.6 Å². The predicted molar refractivity (Wildman–Crippen MR) is 84.3 cm³/mol. The highest BCUT2D eigenvalue weighted by Crippen LogP contribution is 2.56. The van der Waals surface area contributed by atoms with Gasteiger partial charge in [0.25, 0.3) is 0 Å². The average molecular weight is 319 g/mol. The smallest absolute Gasteiger partial charge is 0.337 e. The van der Waals surface area contributed by atoms with Gasteiger partial charge in [0, 0.05) is 5.92 Å². The van der Waals surface area contributed by atoms with E-state index in [1.165, 1.54) is 12.1 Å². The zero-order valence-electron chi connectivity index (χ0n) is 13.4. The number of para-hydroxylation sites is 1. The van der Waals surface area contributed by atoms with E-state index in [0.29, 0.717) is 12.8 Å². The number of nitrogens with one attached hydrogen (secondary N) is 1.